The van der Waals surface area contributed by atoms with Gasteiger partial charge in [0.05, 0.1) is 30.6 Å². The Morgan fingerprint density at radius 3 is 2.92 bits per heavy atom. The Hall–Kier alpha value is -1.31. The van der Waals surface area contributed by atoms with Gasteiger partial charge in [-0.2, -0.15) is 0 Å². The van der Waals surface area contributed by atoms with Crippen LogP contribution in [0.3, 0.4) is 0 Å². The van der Waals surface area contributed by atoms with Crippen LogP contribution in [-0.4, -0.2) is 48.0 Å². The van der Waals surface area contributed by atoms with Crippen LogP contribution in [-0.2, 0) is 4.74 Å². The molecule has 2 aliphatic heterocycles. The third-order valence-corrected chi connectivity index (χ3v) is 5.99. The van der Waals surface area contributed by atoms with E-state index >= 15 is 0 Å². The monoisotopic (exact) mass is 363 g/mol. The van der Waals surface area contributed by atoms with Crippen molar-refractivity contribution in [1.29, 1.82) is 0 Å². The van der Waals surface area contributed by atoms with Gasteiger partial charge in [0, 0.05) is 37.0 Å². The number of halogens is 1. The fourth-order valence-corrected chi connectivity index (χ4v) is 4.69. The summed E-state index contributed by atoms with van der Waals surface area (Å²) in [5.74, 6) is 1.52. The average Bonchev–Trinajstić information content (AvgIpc) is 3.28. The van der Waals surface area contributed by atoms with Crippen molar-refractivity contribution in [3.8, 4) is 0 Å². The van der Waals surface area contributed by atoms with Crippen LogP contribution in [0.4, 0.5) is 10.2 Å². The number of alkyl halides is 1. The van der Waals surface area contributed by atoms with Gasteiger partial charge in [0.25, 0.3) is 0 Å². The summed E-state index contributed by atoms with van der Waals surface area (Å²) >= 11 is 0. The summed E-state index contributed by atoms with van der Waals surface area (Å²) in [5, 5.41) is 0. The first-order valence-corrected chi connectivity index (χ1v) is 9.93. The van der Waals surface area contributed by atoms with Gasteiger partial charge < -0.3 is 9.64 Å². The second-order valence-corrected chi connectivity index (χ2v) is 8.21. The predicted molar refractivity (Wildman–Crippen MR) is 98.5 cm³/mol. The van der Waals surface area contributed by atoms with E-state index in [9.17, 15) is 4.39 Å². The number of hydrogen-bond acceptors (Lipinski definition) is 6. The maximum Gasteiger partial charge on any atom is 0.132 e. The number of hydrogen-bond donors (Lipinski definition) is 2. The highest BCUT2D eigenvalue weighted by Gasteiger charge is 2.42. The molecule has 5 atom stereocenters. The molecule has 4 rings (SSSR count). The van der Waals surface area contributed by atoms with Gasteiger partial charge in [-0.25, -0.2) is 15.4 Å². The molecule has 144 valence electrons. The fraction of sp³-hybridized carbons (Fsp3) is 0.789. The lowest BCUT2D eigenvalue weighted by atomic mass is 9.79. The standard InChI is InChI=1S/C19H30FN5O/c1-12(2)26-14-3-4-16-15(7-14)19(24-23-16)17-8-18(22-11-21-17)25-6-5-13(9-20)10-25/h8,11-16,19,23-24H,3-7,9-10H2,1-2H3. The van der Waals surface area contributed by atoms with Crippen molar-refractivity contribution in [3.63, 3.8) is 0 Å². The van der Waals surface area contributed by atoms with Crippen LogP contribution in [0.25, 0.3) is 0 Å². The van der Waals surface area contributed by atoms with Crippen molar-refractivity contribution in [2.24, 2.45) is 11.8 Å². The van der Waals surface area contributed by atoms with Crippen LogP contribution < -0.4 is 15.8 Å². The van der Waals surface area contributed by atoms with Crippen LogP contribution in [0.15, 0.2) is 12.4 Å². The summed E-state index contributed by atoms with van der Waals surface area (Å²) in [7, 11) is 0. The van der Waals surface area contributed by atoms with Gasteiger partial charge >= 0.3 is 0 Å². The van der Waals surface area contributed by atoms with Crippen molar-refractivity contribution in [1.82, 2.24) is 20.8 Å². The zero-order chi connectivity index (χ0) is 18.1. The minimum absolute atomic E-state index is 0.136. The minimum Gasteiger partial charge on any atom is -0.376 e. The van der Waals surface area contributed by atoms with Crippen LogP contribution in [0.2, 0.25) is 0 Å². The summed E-state index contributed by atoms with van der Waals surface area (Å²) in [6, 6.07) is 2.71. The molecular weight excluding hydrogens is 333 g/mol. The molecule has 5 unspecified atom stereocenters. The molecule has 0 bridgehead atoms. The highest BCUT2D eigenvalue weighted by atomic mass is 19.1. The van der Waals surface area contributed by atoms with E-state index in [-0.39, 0.29) is 24.7 Å². The molecule has 2 N–H and O–H groups in total. The molecule has 0 amide bonds. The van der Waals surface area contributed by atoms with E-state index in [1.807, 2.05) is 0 Å². The number of nitrogens with zero attached hydrogens (tertiary/aromatic N) is 3. The Balaban J connectivity index is 1.48. The summed E-state index contributed by atoms with van der Waals surface area (Å²) < 4.78 is 19.0. The lowest BCUT2D eigenvalue weighted by molar-refractivity contribution is -0.0276. The number of nitrogens with one attached hydrogen (secondary N) is 2. The SMILES string of the molecule is CC(C)OC1CCC2NNC(c3cc(N4CCC(CF)C4)ncn3)C2C1. The lowest BCUT2D eigenvalue weighted by Gasteiger charge is -2.34. The quantitative estimate of drug-likeness (QED) is 0.838. The number of fused-ring (bicyclic) bond motifs is 1. The second kappa shape index (κ2) is 7.74. The summed E-state index contributed by atoms with van der Waals surface area (Å²) in [4.78, 5) is 11.2. The van der Waals surface area contributed by atoms with Gasteiger partial charge in [0.2, 0.25) is 0 Å². The number of ether oxygens (including phenoxy) is 1. The predicted octanol–water partition coefficient (Wildman–Crippen LogP) is 2.38. The van der Waals surface area contributed by atoms with E-state index in [0.29, 0.717) is 18.1 Å². The zero-order valence-corrected chi connectivity index (χ0v) is 15.7. The second-order valence-electron chi connectivity index (χ2n) is 8.21. The Labute approximate surface area is 154 Å². The van der Waals surface area contributed by atoms with Gasteiger partial charge in [-0.3, -0.25) is 9.82 Å². The van der Waals surface area contributed by atoms with Crippen LogP contribution >= 0.6 is 0 Å². The first kappa shape index (κ1) is 18.1. The van der Waals surface area contributed by atoms with Crippen molar-refractivity contribution >= 4 is 5.82 Å². The Morgan fingerprint density at radius 1 is 1.27 bits per heavy atom. The Bertz CT molecular complexity index is 615. The van der Waals surface area contributed by atoms with Crippen LogP contribution in [0.5, 0.6) is 0 Å². The molecular formula is C19H30FN5O. The van der Waals surface area contributed by atoms with Gasteiger partial charge in [0.1, 0.15) is 12.1 Å². The van der Waals surface area contributed by atoms with Gasteiger partial charge in [-0.05, 0) is 39.5 Å². The van der Waals surface area contributed by atoms with E-state index in [2.05, 4.69) is 45.6 Å². The van der Waals surface area contributed by atoms with E-state index in [0.717, 1.165) is 50.3 Å². The molecule has 2 saturated heterocycles. The number of hydrazine groups is 1. The van der Waals surface area contributed by atoms with Gasteiger partial charge in [0.15, 0.2) is 0 Å². The maximum absolute atomic E-state index is 12.9. The molecule has 1 aliphatic carbocycles. The summed E-state index contributed by atoms with van der Waals surface area (Å²) in [6.45, 7) is 5.58. The third kappa shape index (κ3) is 3.70. The summed E-state index contributed by atoms with van der Waals surface area (Å²) in [6.07, 6.45) is 6.40. The minimum atomic E-state index is -0.246. The molecule has 3 fully saturated rings. The molecule has 0 radical (unpaired) electrons. The van der Waals surface area contributed by atoms with E-state index in [1.165, 1.54) is 0 Å². The number of aromatic nitrogens is 2. The van der Waals surface area contributed by atoms with Crippen molar-refractivity contribution in [2.45, 2.75) is 63.8 Å². The summed E-state index contributed by atoms with van der Waals surface area (Å²) in [5.41, 5.74) is 7.93. The molecule has 0 spiro atoms. The Morgan fingerprint density at radius 2 is 2.15 bits per heavy atom. The van der Waals surface area contributed by atoms with Crippen LogP contribution in [0, 0.1) is 11.8 Å². The van der Waals surface area contributed by atoms with Crippen molar-refractivity contribution in [3.05, 3.63) is 18.1 Å². The first-order chi connectivity index (χ1) is 12.6. The molecule has 3 aliphatic rings. The van der Waals surface area contributed by atoms with Gasteiger partial charge in [-0.1, -0.05) is 0 Å². The largest absolute Gasteiger partial charge is 0.376 e. The van der Waals surface area contributed by atoms with Gasteiger partial charge in [-0.15, -0.1) is 0 Å². The van der Waals surface area contributed by atoms with E-state index in [1.54, 1.807) is 6.33 Å². The Kier molecular flexibility index (Phi) is 5.38. The maximum atomic E-state index is 12.9. The van der Waals surface area contributed by atoms with Crippen molar-refractivity contribution < 1.29 is 9.13 Å². The van der Waals surface area contributed by atoms with E-state index in [4.69, 9.17) is 4.74 Å². The molecule has 26 heavy (non-hydrogen) atoms. The molecule has 3 heterocycles. The lowest BCUT2D eigenvalue weighted by Crippen LogP contribution is -2.38. The number of rotatable bonds is 5. The average molecular weight is 363 g/mol. The fourth-order valence-electron chi connectivity index (χ4n) is 4.69. The molecule has 1 aromatic rings. The van der Waals surface area contributed by atoms with E-state index < -0.39 is 0 Å². The topological polar surface area (TPSA) is 62.3 Å². The number of anilines is 1. The molecule has 1 saturated carbocycles. The smallest absolute Gasteiger partial charge is 0.132 e. The first-order valence-electron chi connectivity index (χ1n) is 9.93. The van der Waals surface area contributed by atoms with Crippen LogP contribution in [0.1, 0.15) is 51.3 Å². The molecule has 1 aromatic heterocycles. The zero-order valence-electron chi connectivity index (χ0n) is 15.7. The highest BCUT2D eigenvalue weighted by molar-refractivity contribution is 5.41. The third-order valence-electron chi connectivity index (χ3n) is 5.99. The molecule has 6 nitrogen and oxygen atoms in total. The normalized spacial score (nSPS) is 34.5. The molecule has 7 heteroatoms. The highest BCUT2D eigenvalue weighted by Crippen LogP contribution is 2.39. The molecule has 0 aromatic carbocycles. The van der Waals surface area contributed by atoms with Crippen molar-refractivity contribution in [2.75, 3.05) is 24.7 Å².